The highest BCUT2D eigenvalue weighted by atomic mass is 35.5. The first-order valence-corrected chi connectivity index (χ1v) is 13.2. The van der Waals surface area contributed by atoms with Crippen LogP contribution in [0.4, 0.5) is 0 Å². The Kier molecular flexibility index (Phi) is 10.3. The second-order valence-corrected chi connectivity index (χ2v) is 10.8. The van der Waals surface area contributed by atoms with Crippen LogP contribution in [0.1, 0.15) is 48.1 Å². The summed E-state index contributed by atoms with van der Waals surface area (Å²) in [6.45, 7) is 11.1. The standard InChI is InChI=1S/C28H39Cl2N3O2/c1-19-20(2)27(35-13-7-6-12-32(4)5)11-9-24(19)21(3)33-17-23(18-33)16-31-28(34)15-22-8-10-25(29)26(30)14-22/h8-11,14,21,23H,6-7,12-13,15-18H2,1-5H3,(H,31,34). The van der Waals surface area contributed by atoms with Crippen molar-refractivity contribution < 1.29 is 9.53 Å². The lowest BCUT2D eigenvalue weighted by Crippen LogP contribution is -2.52. The molecule has 1 N–H and O–H groups in total. The van der Waals surface area contributed by atoms with E-state index >= 15 is 0 Å². The zero-order chi connectivity index (χ0) is 25.5. The van der Waals surface area contributed by atoms with Gasteiger partial charge in [0.25, 0.3) is 0 Å². The van der Waals surface area contributed by atoms with Crippen molar-refractivity contribution in [2.75, 3.05) is 46.9 Å². The maximum absolute atomic E-state index is 12.3. The minimum Gasteiger partial charge on any atom is -0.493 e. The third kappa shape index (κ3) is 7.85. The highest BCUT2D eigenvalue weighted by Gasteiger charge is 2.32. The van der Waals surface area contributed by atoms with Crippen LogP contribution in [0.2, 0.25) is 10.0 Å². The van der Waals surface area contributed by atoms with Crippen molar-refractivity contribution in [1.29, 1.82) is 0 Å². The molecule has 35 heavy (non-hydrogen) atoms. The second kappa shape index (κ2) is 13.0. The molecular weight excluding hydrogens is 481 g/mol. The third-order valence-electron chi connectivity index (χ3n) is 6.96. The van der Waals surface area contributed by atoms with Crippen molar-refractivity contribution >= 4 is 29.1 Å². The van der Waals surface area contributed by atoms with Crippen LogP contribution in [-0.2, 0) is 11.2 Å². The Balaban J connectivity index is 1.42. The number of carbonyl (C=O) groups is 1. The molecule has 192 valence electrons. The number of unbranched alkanes of at least 4 members (excludes halogenated alkanes) is 1. The van der Waals surface area contributed by atoms with Gasteiger partial charge in [-0.05, 0) is 94.7 Å². The van der Waals surface area contributed by atoms with Crippen molar-refractivity contribution in [3.63, 3.8) is 0 Å². The zero-order valence-electron chi connectivity index (χ0n) is 21.7. The molecule has 1 fully saturated rings. The van der Waals surface area contributed by atoms with Crippen LogP contribution < -0.4 is 10.1 Å². The quantitative estimate of drug-likeness (QED) is 0.366. The molecule has 7 heteroatoms. The minimum atomic E-state index is 0.0126. The third-order valence-corrected chi connectivity index (χ3v) is 7.70. The smallest absolute Gasteiger partial charge is 0.224 e. The molecule has 0 aliphatic carbocycles. The number of nitrogens with zero attached hydrogens (tertiary/aromatic N) is 2. The topological polar surface area (TPSA) is 44.8 Å². The fourth-order valence-corrected chi connectivity index (χ4v) is 4.87. The number of hydrogen-bond acceptors (Lipinski definition) is 4. The molecule has 1 atom stereocenters. The molecule has 0 aromatic heterocycles. The molecule has 1 aliphatic rings. The molecular formula is C28H39Cl2N3O2. The normalized spacial score (nSPS) is 15.2. The molecule has 0 radical (unpaired) electrons. The molecule has 0 spiro atoms. The van der Waals surface area contributed by atoms with Crippen molar-refractivity contribution in [2.24, 2.45) is 5.92 Å². The monoisotopic (exact) mass is 519 g/mol. The molecule has 2 aromatic carbocycles. The molecule has 5 nitrogen and oxygen atoms in total. The summed E-state index contributed by atoms with van der Waals surface area (Å²) in [6, 6.07) is 10.0. The van der Waals surface area contributed by atoms with E-state index < -0.39 is 0 Å². The predicted molar refractivity (Wildman–Crippen MR) is 146 cm³/mol. The number of rotatable bonds is 12. The molecule has 1 unspecified atom stereocenters. The van der Waals surface area contributed by atoms with Gasteiger partial charge in [-0.2, -0.15) is 0 Å². The van der Waals surface area contributed by atoms with Crippen molar-refractivity contribution in [1.82, 2.24) is 15.1 Å². The van der Waals surface area contributed by atoms with E-state index in [1.807, 2.05) is 6.07 Å². The van der Waals surface area contributed by atoms with Crippen LogP contribution in [0, 0.1) is 19.8 Å². The highest BCUT2D eigenvalue weighted by molar-refractivity contribution is 6.42. The first-order valence-electron chi connectivity index (χ1n) is 12.5. The van der Waals surface area contributed by atoms with Gasteiger partial charge in [-0.15, -0.1) is 0 Å². The maximum Gasteiger partial charge on any atom is 0.224 e. The molecule has 0 saturated carbocycles. The highest BCUT2D eigenvalue weighted by Crippen LogP contribution is 2.34. The van der Waals surface area contributed by atoms with Gasteiger partial charge in [0.1, 0.15) is 5.75 Å². The van der Waals surface area contributed by atoms with E-state index in [1.165, 1.54) is 16.7 Å². The van der Waals surface area contributed by atoms with Crippen LogP contribution in [0.5, 0.6) is 5.75 Å². The number of hydrogen-bond donors (Lipinski definition) is 1. The summed E-state index contributed by atoms with van der Waals surface area (Å²) in [7, 11) is 4.20. The largest absolute Gasteiger partial charge is 0.493 e. The number of carbonyl (C=O) groups excluding carboxylic acids is 1. The Morgan fingerprint density at radius 1 is 1.11 bits per heavy atom. The van der Waals surface area contributed by atoms with E-state index in [0.29, 0.717) is 35.0 Å². The predicted octanol–water partition coefficient (Wildman–Crippen LogP) is 5.68. The summed E-state index contributed by atoms with van der Waals surface area (Å²) >= 11 is 12.0. The molecule has 1 saturated heterocycles. The lowest BCUT2D eigenvalue weighted by molar-refractivity contribution is -0.121. The van der Waals surface area contributed by atoms with E-state index in [9.17, 15) is 4.79 Å². The molecule has 3 rings (SSSR count). The van der Waals surface area contributed by atoms with Gasteiger partial charge in [-0.3, -0.25) is 9.69 Å². The SMILES string of the molecule is Cc1c(OCCCCN(C)C)ccc(C(C)N2CC(CNC(=O)Cc3ccc(Cl)c(Cl)c3)C2)c1C. The van der Waals surface area contributed by atoms with Crippen LogP contribution in [-0.4, -0.2) is 62.6 Å². The Morgan fingerprint density at radius 3 is 2.54 bits per heavy atom. The van der Waals surface area contributed by atoms with Gasteiger partial charge in [-0.1, -0.05) is 35.3 Å². The fourth-order valence-electron chi connectivity index (χ4n) is 4.55. The van der Waals surface area contributed by atoms with Crippen molar-refractivity contribution in [3.8, 4) is 5.75 Å². The van der Waals surface area contributed by atoms with E-state index in [1.54, 1.807) is 12.1 Å². The Labute approximate surface area is 220 Å². The average Bonchev–Trinajstić information content (AvgIpc) is 2.77. The average molecular weight is 521 g/mol. The van der Waals surface area contributed by atoms with Gasteiger partial charge in [0.2, 0.25) is 5.91 Å². The van der Waals surface area contributed by atoms with E-state index in [2.05, 4.69) is 62.1 Å². The van der Waals surface area contributed by atoms with Crippen molar-refractivity contribution in [2.45, 2.75) is 46.1 Å². The Hall–Kier alpha value is -1.79. The summed E-state index contributed by atoms with van der Waals surface area (Å²) in [5, 5.41) is 4.05. The number of nitrogens with one attached hydrogen (secondary N) is 1. The van der Waals surface area contributed by atoms with Crippen LogP contribution in [0.25, 0.3) is 0 Å². The van der Waals surface area contributed by atoms with Crippen LogP contribution in [0.15, 0.2) is 30.3 Å². The van der Waals surface area contributed by atoms with E-state index in [4.69, 9.17) is 27.9 Å². The number of likely N-dealkylation sites (tertiary alicyclic amines) is 1. The van der Waals surface area contributed by atoms with Gasteiger partial charge in [-0.25, -0.2) is 0 Å². The molecule has 2 aromatic rings. The summed E-state index contributed by atoms with van der Waals surface area (Å²) in [5.41, 5.74) is 4.76. The van der Waals surface area contributed by atoms with E-state index in [-0.39, 0.29) is 5.91 Å². The van der Waals surface area contributed by atoms with Crippen molar-refractivity contribution in [3.05, 3.63) is 62.6 Å². The Bertz CT molecular complexity index is 1010. The molecule has 1 heterocycles. The first-order chi connectivity index (χ1) is 16.7. The lowest BCUT2D eigenvalue weighted by Gasteiger charge is -2.44. The summed E-state index contributed by atoms with van der Waals surface area (Å²) < 4.78 is 6.08. The van der Waals surface area contributed by atoms with E-state index in [0.717, 1.165) is 50.4 Å². The lowest BCUT2D eigenvalue weighted by atomic mass is 9.91. The summed E-state index contributed by atoms with van der Waals surface area (Å²) in [4.78, 5) is 17.0. The molecule has 1 aliphatic heterocycles. The summed E-state index contributed by atoms with van der Waals surface area (Å²) in [5.74, 6) is 1.48. The fraction of sp³-hybridized carbons (Fsp3) is 0.536. The van der Waals surface area contributed by atoms with Gasteiger partial charge >= 0.3 is 0 Å². The van der Waals surface area contributed by atoms with Gasteiger partial charge < -0.3 is 15.0 Å². The number of ether oxygens (including phenoxy) is 1. The maximum atomic E-state index is 12.3. The van der Waals surface area contributed by atoms with Gasteiger partial charge in [0.05, 0.1) is 23.1 Å². The number of benzene rings is 2. The van der Waals surface area contributed by atoms with Crippen LogP contribution in [0.3, 0.4) is 0 Å². The minimum absolute atomic E-state index is 0.0126. The Morgan fingerprint density at radius 2 is 1.86 bits per heavy atom. The zero-order valence-corrected chi connectivity index (χ0v) is 23.2. The summed E-state index contributed by atoms with van der Waals surface area (Å²) in [6.07, 6.45) is 2.52. The van der Waals surface area contributed by atoms with Gasteiger partial charge in [0, 0.05) is 31.6 Å². The molecule has 0 bridgehead atoms. The second-order valence-electron chi connectivity index (χ2n) is 9.99. The molecule has 1 amide bonds. The van der Waals surface area contributed by atoms with Gasteiger partial charge in [0.15, 0.2) is 0 Å². The first kappa shape index (κ1) is 27.8. The van der Waals surface area contributed by atoms with Crippen LogP contribution >= 0.6 is 23.2 Å². The number of halogens is 2. The number of amides is 1.